The van der Waals surface area contributed by atoms with E-state index in [4.69, 9.17) is 6.57 Å². The Morgan fingerprint density at radius 3 is 2.33 bits per heavy atom. The first-order valence-corrected chi connectivity index (χ1v) is 7.66. The third-order valence-corrected chi connectivity index (χ3v) is 3.90. The van der Waals surface area contributed by atoms with Crippen LogP contribution in [-0.2, 0) is 10.1 Å². The smallest absolute Gasteiger partial charge is 0.375 e. The molecule has 0 aliphatic rings. The second-order valence-electron chi connectivity index (χ2n) is 4.52. The summed E-state index contributed by atoms with van der Waals surface area (Å²) in [6.45, 7) is 6.95. The van der Waals surface area contributed by atoms with Gasteiger partial charge in [0, 0.05) is 0 Å². The molecular weight excluding hydrogens is 347 g/mol. The molecule has 0 aliphatic heterocycles. The second kappa shape index (κ2) is 6.33. The molecule has 0 saturated carbocycles. The maximum absolute atomic E-state index is 12.4. The number of halogens is 3. The minimum absolute atomic E-state index is 0.181. The van der Waals surface area contributed by atoms with Crippen molar-refractivity contribution in [3.05, 3.63) is 59.4 Å². The molecule has 0 spiro atoms. The summed E-state index contributed by atoms with van der Waals surface area (Å²) in [5.74, 6) is -0.743. The number of carbonyl (C=O) groups excluding carboxylic acids is 1. The van der Waals surface area contributed by atoms with Crippen molar-refractivity contribution in [2.45, 2.75) is 5.51 Å². The fourth-order valence-corrected chi connectivity index (χ4v) is 2.28. The number of carbonyl (C=O) groups is 1. The fraction of sp³-hybridized carbons (Fsp3) is 0.0667. The van der Waals surface area contributed by atoms with E-state index >= 15 is 0 Å². The van der Waals surface area contributed by atoms with Gasteiger partial charge in [0.15, 0.2) is 17.7 Å². The van der Waals surface area contributed by atoms with E-state index in [-0.39, 0.29) is 17.5 Å². The van der Waals surface area contributed by atoms with Gasteiger partial charge in [-0.15, -0.1) is 0 Å². The lowest BCUT2D eigenvalue weighted by Crippen LogP contribution is -2.28. The van der Waals surface area contributed by atoms with E-state index in [9.17, 15) is 26.4 Å². The van der Waals surface area contributed by atoms with Gasteiger partial charge in [0.05, 0.1) is 12.1 Å². The number of benzene rings is 2. The molecule has 0 fully saturated rings. The van der Waals surface area contributed by atoms with Gasteiger partial charge in [-0.05, 0) is 29.3 Å². The predicted molar refractivity (Wildman–Crippen MR) is 79.1 cm³/mol. The molecule has 2 aromatic rings. The third-order valence-electron chi connectivity index (χ3n) is 2.93. The average Bonchev–Trinajstić information content (AvgIpc) is 2.53. The fourth-order valence-electron chi connectivity index (χ4n) is 1.80. The van der Waals surface area contributed by atoms with Crippen LogP contribution in [-0.4, -0.2) is 20.2 Å². The topological polar surface area (TPSA) is 64.8 Å². The predicted octanol–water partition coefficient (Wildman–Crippen LogP) is 3.95. The Labute approximate surface area is 135 Å². The second-order valence-corrected chi connectivity index (χ2v) is 6.05. The van der Waals surface area contributed by atoms with E-state index in [1.807, 2.05) is 0 Å². The number of aldehydes is 1. The summed E-state index contributed by atoms with van der Waals surface area (Å²) in [5.41, 5.74) is -4.94. The third kappa shape index (κ3) is 3.55. The van der Waals surface area contributed by atoms with Gasteiger partial charge >= 0.3 is 15.6 Å². The highest BCUT2D eigenvalue weighted by molar-refractivity contribution is 7.88. The molecule has 124 valence electrons. The molecule has 0 amide bonds. The SMILES string of the molecule is [C-]#[N+]c1cccc(-c2ccc(C=O)c(OS(=O)(=O)C(F)(F)F)c2)c1. The summed E-state index contributed by atoms with van der Waals surface area (Å²) in [6, 6.07) is 9.66. The first-order valence-electron chi connectivity index (χ1n) is 6.26. The molecule has 0 N–H and O–H groups in total. The van der Waals surface area contributed by atoms with Gasteiger partial charge in [-0.3, -0.25) is 4.79 Å². The van der Waals surface area contributed by atoms with Crippen molar-refractivity contribution in [3.63, 3.8) is 0 Å². The van der Waals surface area contributed by atoms with Crippen LogP contribution < -0.4 is 4.18 Å². The van der Waals surface area contributed by atoms with Gasteiger partial charge in [0.1, 0.15) is 0 Å². The highest BCUT2D eigenvalue weighted by Gasteiger charge is 2.48. The van der Waals surface area contributed by atoms with Crippen LogP contribution >= 0.6 is 0 Å². The van der Waals surface area contributed by atoms with Crippen LogP contribution in [0.1, 0.15) is 10.4 Å². The number of rotatable bonds is 4. The molecule has 2 rings (SSSR count). The summed E-state index contributed by atoms with van der Waals surface area (Å²) in [7, 11) is -5.90. The minimum Gasteiger partial charge on any atom is -0.375 e. The molecule has 2 aromatic carbocycles. The molecule has 0 aromatic heterocycles. The molecule has 9 heteroatoms. The molecular formula is C15H8F3NO4S. The van der Waals surface area contributed by atoms with E-state index in [2.05, 4.69) is 9.03 Å². The Balaban J connectivity index is 2.53. The zero-order chi connectivity index (χ0) is 18.0. The number of alkyl halides is 3. The summed E-state index contributed by atoms with van der Waals surface area (Å²) in [4.78, 5) is 14.1. The summed E-state index contributed by atoms with van der Waals surface area (Å²) < 4.78 is 63.7. The van der Waals surface area contributed by atoms with E-state index in [0.29, 0.717) is 11.1 Å². The largest absolute Gasteiger partial charge is 0.534 e. The van der Waals surface area contributed by atoms with Crippen molar-refractivity contribution in [1.82, 2.24) is 0 Å². The zero-order valence-corrected chi connectivity index (χ0v) is 12.6. The van der Waals surface area contributed by atoms with Crippen molar-refractivity contribution in [1.29, 1.82) is 0 Å². The molecule has 0 unspecified atom stereocenters. The maximum Gasteiger partial charge on any atom is 0.534 e. The summed E-state index contributed by atoms with van der Waals surface area (Å²) in [6.07, 6.45) is 0.181. The van der Waals surface area contributed by atoms with E-state index in [1.165, 1.54) is 18.2 Å². The lowest BCUT2D eigenvalue weighted by molar-refractivity contribution is -0.0500. The molecule has 0 radical (unpaired) electrons. The van der Waals surface area contributed by atoms with Crippen molar-refractivity contribution < 1.29 is 30.6 Å². The molecule has 0 heterocycles. The zero-order valence-electron chi connectivity index (χ0n) is 11.7. The Bertz CT molecular complexity index is 930. The summed E-state index contributed by atoms with van der Waals surface area (Å²) >= 11 is 0. The van der Waals surface area contributed by atoms with Crippen molar-refractivity contribution in [2.75, 3.05) is 0 Å². The minimum atomic E-state index is -5.90. The summed E-state index contributed by atoms with van der Waals surface area (Å²) in [5, 5.41) is 0. The molecule has 0 atom stereocenters. The molecule has 0 aliphatic carbocycles. The Morgan fingerprint density at radius 1 is 1.08 bits per heavy atom. The van der Waals surface area contributed by atoms with Gasteiger partial charge < -0.3 is 4.18 Å². The van der Waals surface area contributed by atoms with Crippen LogP contribution in [0.2, 0.25) is 0 Å². The van der Waals surface area contributed by atoms with Gasteiger partial charge in [0.2, 0.25) is 0 Å². The Morgan fingerprint density at radius 2 is 1.75 bits per heavy atom. The van der Waals surface area contributed by atoms with Crippen LogP contribution in [0.3, 0.4) is 0 Å². The highest BCUT2D eigenvalue weighted by atomic mass is 32.2. The Hall–Kier alpha value is -2.86. The first-order chi connectivity index (χ1) is 11.2. The number of hydrogen-bond acceptors (Lipinski definition) is 4. The van der Waals surface area contributed by atoms with Gasteiger partial charge in [-0.25, -0.2) is 4.85 Å². The van der Waals surface area contributed by atoms with Crippen molar-refractivity contribution in [2.24, 2.45) is 0 Å². The van der Waals surface area contributed by atoms with Gasteiger partial charge in [0.25, 0.3) is 0 Å². The quantitative estimate of drug-likeness (QED) is 0.361. The lowest BCUT2D eigenvalue weighted by atomic mass is 10.0. The van der Waals surface area contributed by atoms with E-state index < -0.39 is 21.4 Å². The monoisotopic (exact) mass is 355 g/mol. The average molecular weight is 355 g/mol. The highest BCUT2D eigenvalue weighted by Crippen LogP contribution is 2.32. The molecule has 0 bridgehead atoms. The van der Waals surface area contributed by atoms with Gasteiger partial charge in [-0.1, -0.05) is 24.3 Å². The van der Waals surface area contributed by atoms with Crippen molar-refractivity contribution >= 4 is 22.1 Å². The molecule has 5 nitrogen and oxygen atoms in total. The first kappa shape index (κ1) is 17.5. The van der Waals surface area contributed by atoms with Gasteiger partial charge in [-0.2, -0.15) is 21.6 Å². The van der Waals surface area contributed by atoms with E-state index in [0.717, 1.165) is 12.1 Å². The van der Waals surface area contributed by atoms with Crippen LogP contribution in [0.25, 0.3) is 16.0 Å². The number of hydrogen-bond donors (Lipinski definition) is 0. The van der Waals surface area contributed by atoms with Crippen LogP contribution in [0.4, 0.5) is 18.9 Å². The molecule has 24 heavy (non-hydrogen) atoms. The lowest BCUT2D eigenvalue weighted by Gasteiger charge is -2.12. The number of nitrogens with zero attached hydrogens (tertiary/aromatic N) is 1. The normalized spacial score (nSPS) is 11.6. The molecule has 0 saturated heterocycles. The van der Waals surface area contributed by atoms with Crippen LogP contribution in [0.15, 0.2) is 42.5 Å². The van der Waals surface area contributed by atoms with Crippen LogP contribution in [0.5, 0.6) is 5.75 Å². The Kier molecular flexibility index (Phi) is 4.61. The maximum atomic E-state index is 12.4. The van der Waals surface area contributed by atoms with Crippen molar-refractivity contribution in [3.8, 4) is 16.9 Å². The van der Waals surface area contributed by atoms with E-state index in [1.54, 1.807) is 12.1 Å². The van der Waals surface area contributed by atoms with Crippen LogP contribution in [0, 0.1) is 6.57 Å². The standard InChI is InChI=1S/C15H8F3NO4S/c1-19-13-4-2-3-10(7-13)11-5-6-12(9-20)14(8-11)23-24(21,22)15(16,17)18/h2-9H.